The number of ether oxygens (including phenoxy) is 2. The number of hydrogen-bond acceptors (Lipinski definition) is 3. The molecule has 4 heteroatoms. The number of carbonyl (C=O) groups excluding carboxylic acids is 1. The Hall–Kier alpha value is 0.129. The Balaban J connectivity index is 4.00. The van der Waals surface area contributed by atoms with Crippen molar-refractivity contribution in [3.8, 4) is 0 Å². The molecule has 0 spiro atoms. The van der Waals surface area contributed by atoms with E-state index in [2.05, 4.69) is 14.8 Å². The molecule has 0 aliphatic heterocycles. The van der Waals surface area contributed by atoms with E-state index in [1.54, 1.807) is 13.2 Å². The predicted molar refractivity (Wildman–Crippen MR) is 59.9 cm³/mol. The SMILES string of the molecule is COCOCC/[C](=C/C=O)[Sn]([CH3])([CH3])[CH3]. The van der Waals surface area contributed by atoms with Gasteiger partial charge in [0.2, 0.25) is 0 Å². The molecule has 0 aromatic rings. The number of hydrogen-bond donors (Lipinski definition) is 0. The maximum atomic E-state index is 10.4. The van der Waals surface area contributed by atoms with Gasteiger partial charge in [-0.15, -0.1) is 0 Å². The van der Waals surface area contributed by atoms with Crippen LogP contribution in [0.4, 0.5) is 0 Å². The van der Waals surface area contributed by atoms with E-state index in [-0.39, 0.29) is 0 Å². The van der Waals surface area contributed by atoms with Crippen molar-refractivity contribution in [1.29, 1.82) is 0 Å². The first-order chi connectivity index (χ1) is 6.52. The van der Waals surface area contributed by atoms with Crippen molar-refractivity contribution >= 4 is 24.7 Å². The summed E-state index contributed by atoms with van der Waals surface area (Å²) in [5.41, 5.74) is 0. The van der Waals surface area contributed by atoms with Gasteiger partial charge in [-0.25, -0.2) is 0 Å². The van der Waals surface area contributed by atoms with Gasteiger partial charge >= 0.3 is 90.3 Å². The summed E-state index contributed by atoms with van der Waals surface area (Å²) in [5, 5.41) is 0. The molecule has 0 saturated carbocycles. The normalized spacial score (nSPS) is 13.0. The van der Waals surface area contributed by atoms with E-state index < -0.39 is 18.4 Å². The molecular formula is C10H20O3Sn. The summed E-state index contributed by atoms with van der Waals surface area (Å²) in [4.78, 5) is 17.3. The summed E-state index contributed by atoms with van der Waals surface area (Å²) in [6.45, 7) is 0.968. The second-order valence-corrected chi connectivity index (χ2v) is 18.8. The Labute approximate surface area is 90.3 Å². The zero-order valence-electron chi connectivity index (χ0n) is 9.50. The second kappa shape index (κ2) is 7.42. The number of carbonyl (C=O) groups is 1. The first-order valence-corrected chi connectivity index (χ1v) is 14.7. The van der Waals surface area contributed by atoms with E-state index in [1.807, 2.05) is 0 Å². The van der Waals surface area contributed by atoms with E-state index in [1.165, 1.54) is 3.59 Å². The first kappa shape index (κ1) is 14.1. The number of allylic oxidation sites excluding steroid dienone is 1. The zero-order valence-corrected chi connectivity index (χ0v) is 12.4. The maximum absolute atomic E-state index is 10.4. The van der Waals surface area contributed by atoms with Crippen LogP contribution in [0, 0.1) is 0 Å². The van der Waals surface area contributed by atoms with Crippen LogP contribution >= 0.6 is 0 Å². The van der Waals surface area contributed by atoms with Gasteiger partial charge in [-0.1, -0.05) is 0 Å². The molecule has 82 valence electrons. The van der Waals surface area contributed by atoms with Crippen molar-refractivity contribution < 1.29 is 14.3 Å². The Bertz CT molecular complexity index is 194. The molecule has 0 bridgehead atoms. The van der Waals surface area contributed by atoms with Crippen LogP contribution in [0.5, 0.6) is 0 Å². The molecule has 0 radical (unpaired) electrons. The van der Waals surface area contributed by atoms with E-state index in [0.717, 1.165) is 12.7 Å². The van der Waals surface area contributed by atoms with Gasteiger partial charge in [0.1, 0.15) is 0 Å². The summed E-state index contributed by atoms with van der Waals surface area (Å²) in [6.07, 6.45) is 3.46. The van der Waals surface area contributed by atoms with E-state index in [4.69, 9.17) is 9.47 Å². The number of methoxy groups -OCH3 is 1. The topological polar surface area (TPSA) is 35.5 Å². The van der Waals surface area contributed by atoms with Crippen molar-refractivity contribution in [2.24, 2.45) is 0 Å². The Morgan fingerprint density at radius 3 is 2.43 bits per heavy atom. The van der Waals surface area contributed by atoms with Crippen molar-refractivity contribution in [3.05, 3.63) is 9.67 Å². The number of aldehydes is 1. The van der Waals surface area contributed by atoms with Crippen LogP contribution in [-0.2, 0) is 14.3 Å². The molecule has 0 heterocycles. The summed E-state index contributed by atoms with van der Waals surface area (Å²) >= 11 is -2.07. The third-order valence-electron chi connectivity index (χ3n) is 1.95. The fraction of sp³-hybridized carbons (Fsp3) is 0.700. The quantitative estimate of drug-likeness (QED) is 0.237. The van der Waals surface area contributed by atoms with E-state index >= 15 is 0 Å². The van der Waals surface area contributed by atoms with Crippen LogP contribution in [0.1, 0.15) is 6.42 Å². The average molecular weight is 307 g/mol. The zero-order chi connectivity index (χ0) is 11.0. The standard InChI is InChI=1S/C7H11O3.3CH3.Sn/c1-9-7-10-6-4-2-3-5-8;;;;/h3,5H,4,6-7H2,1H3;3*1H3;. The molecule has 0 rings (SSSR count). The average Bonchev–Trinajstić information content (AvgIpc) is 2.08. The van der Waals surface area contributed by atoms with Crippen LogP contribution in [0.15, 0.2) is 9.67 Å². The van der Waals surface area contributed by atoms with Gasteiger partial charge in [-0.05, 0) is 0 Å². The Morgan fingerprint density at radius 1 is 1.36 bits per heavy atom. The van der Waals surface area contributed by atoms with Crippen molar-refractivity contribution in [1.82, 2.24) is 0 Å². The third kappa shape index (κ3) is 6.56. The van der Waals surface area contributed by atoms with E-state index in [9.17, 15) is 4.79 Å². The summed E-state index contributed by atoms with van der Waals surface area (Å²) in [5.74, 6) is 0. The van der Waals surface area contributed by atoms with Crippen LogP contribution in [-0.4, -0.2) is 45.2 Å². The molecular weight excluding hydrogens is 287 g/mol. The van der Waals surface area contributed by atoms with Gasteiger partial charge in [0.15, 0.2) is 0 Å². The third-order valence-corrected chi connectivity index (χ3v) is 8.64. The molecule has 0 unspecified atom stereocenters. The predicted octanol–water partition coefficient (Wildman–Crippen LogP) is 2.00. The number of rotatable bonds is 7. The monoisotopic (exact) mass is 308 g/mol. The molecule has 0 aliphatic carbocycles. The molecule has 0 fully saturated rings. The molecule has 0 N–H and O–H groups in total. The van der Waals surface area contributed by atoms with Gasteiger partial charge in [0.05, 0.1) is 0 Å². The summed E-state index contributed by atoms with van der Waals surface area (Å²) < 4.78 is 11.3. The second-order valence-electron chi connectivity index (χ2n) is 4.14. The molecule has 14 heavy (non-hydrogen) atoms. The van der Waals surface area contributed by atoms with Crippen LogP contribution in [0.3, 0.4) is 0 Å². The van der Waals surface area contributed by atoms with Crippen molar-refractivity contribution in [3.63, 3.8) is 0 Å². The van der Waals surface area contributed by atoms with Crippen LogP contribution in [0.25, 0.3) is 0 Å². The van der Waals surface area contributed by atoms with Crippen LogP contribution in [0.2, 0.25) is 14.8 Å². The molecule has 0 aromatic carbocycles. The minimum absolute atomic E-state index is 0.327. The molecule has 0 amide bonds. The minimum atomic E-state index is -2.07. The van der Waals surface area contributed by atoms with Gasteiger partial charge in [0, 0.05) is 0 Å². The van der Waals surface area contributed by atoms with Gasteiger partial charge in [0.25, 0.3) is 0 Å². The Morgan fingerprint density at radius 2 is 2.00 bits per heavy atom. The van der Waals surface area contributed by atoms with Gasteiger partial charge < -0.3 is 0 Å². The summed E-state index contributed by atoms with van der Waals surface area (Å²) in [6, 6.07) is 0. The van der Waals surface area contributed by atoms with Crippen LogP contribution < -0.4 is 0 Å². The molecule has 0 aromatic heterocycles. The fourth-order valence-corrected chi connectivity index (χ4v) is 5.17. The van der Waals surface area contributed by atoms with Crippen molar-refractivity contribution in [2.45, 2.75) is 21.2 Å². The first-order valence-electron chi connectivity index (χ1n) is 4.74. The fourth-order valence-electron chi connectivity index (χ4n) is 1.11. The summed E-state index contributed by atoms with van der Waals surface area (Å²) in [7, 11) is 1.60. The Kier molecular flexibility index (Phi) is 7.49. The molecule has 0 aliphatic rings. The molecule has 3 nitrogen and oxygen atoms in total. The molecule has 0 saturated heterocycles. The van der Waals surface area contributed by atoms with E-state index in [0.29, 0.717) is 13.4 Å². The van der Waals surface area contributed by atoms with Gasteiger partial charge in [-0.2, -0.15) is 0 Å². The van der Waals surface area contributed by atoms with Gasteiger partial charge in [-0.3, -0.25) is 0 Å². The van der Waals surface area contributed by atoms with Crippen molar-refractivity contribution in [2.75, 3.05) is 20.5 Å². The molecule has 0 atom stereocenters.